The number of anilines is 2. The predicted octanol–water partition coefficient (Wildman–Crippen LogP) is 3.61. The number of rotatable bonds is 4. The number of halogens is 1. The Balaban J connectivity index is 1.29. The second kappa shape index (κ2) is 8.56. The average Bonchev–Trinajstić information content (AvgIpc) is 3.51. The molecule has 0 bridgehead atoms. The van der Waals surface area contributed by atoms with Gasteiger partial charge in [-0.25, -0.2) is 9.37 Å². The Morgan fingerprint density at radius 2 is 1.97 bits per heavy atom. The first-order chi connectivity index (χ1) is 17.7. The normalized spacial score (nSPS) is 18.0. The van der Waals surface area contributed by atoms with Crippen LogP contribution in [0.3, 0.4) is 0 Å². The largest absolute Gasteiger partial charge is 0.378 e. The van der Waals surface area contributed by atoms with Crippen LogP contribution in [0.2, 0.25) is 0 Å². The molecular formula is C26H25FN8O. The van der Waals surface area contributed by atoms with Crippen LogP contribution >= 0.6 is 0 Å². The number of nitrogens with zero attached hydrogens (tertiary/aromatic N) is 6. The highest BCUT2D eigenvalue weighted by atomic mass is 19.1. The summed E-state index contributed by atoms with van der Waals surface area (Å²) in [6, 6.07) is 10.0. The second-order valence-electron chi connectivity index (χ2n) is 9.34. The lowest BCUT2D eigenvalue weighted by atomic mass is 9.91. The van der Waals surface area contributed by atoms with Gasteiger partial charge in [0.2, 0.25) is 5.95 Å². The minimum atomic E-state index is -0.425. The molecule has 36 heavy (non-hydrogen) atoms. The van der Waals surface area contributed by atoms with E-state index in [0.717, 1.165) is 38.0 Å². The van der Waals surface area contributed by atoms with Gasteiger partial charge in [0.15, 0.2) is 11.5 Å². The Morgan fingerprint density at radius 3 is 2.86 bits per heavy atom. The van der Waals surface area contributed by atoms with Crippen LogP contribution in [0.1, 0.15) is 17.7 Å². The molecule has 0 spiro atoms. The number of pyridine rings is 1. The van der Waals surface area contributed by atoms with Crippen LogP contribution in [-0.2, 0) is 17.6 Å². The van der Waals surface area contributed by atoms with Crippen molar-refractivity contribution >= 4 is 28.2 Å². The molecule has 0 radical (unpaired) electrons. The SMILES string of the molecule is Fc1cncc(-c2nc(NC3CCc4[nH]c5ccccc5c4C3)n3ncc(N4CCOCC4)c3n2)c1. The third-order valence-corrected chi connectivity index (χ3v) is 7.09. The molecule has 1 aromatic carbocycles. The summed E-state index contributed by atoms with van der Waals surface area (Å²) in [7, 11) is 0. The van der Waals surface area contributed by atoms with Gasteiger partial charge in [-0.2, -0.15) is 14.6 Å². The van der Waals surface area contributed by atoms with Crippen LogP contribution in [0.4, 0.5) is 16.0 Å². The van der Waals surface area contributed by atoms with Gasteiger partial charge >= 0.3 is 0 Å². The summed E-state index contributed by atoms with van der Waals surface area (Å²) in [4.78, 5) is 19.4. The molecule has 1 atom stereocenters. The highest BCUT2D eigenvalue weighted by Gasteiger charge is 2.25. The van der Waals surface area contributed by atoms with Crippen molar-refractivity contribution in [3.05, 3.63) is 66.0 Å². The molecule has 9 nitrogen and oxygen atoms in total. The molecule has 0 amide bonds. The van der Waals surface area contributed by atoms with Gasteiger partial charge in [0.05, 0.1) is 25.6 Å². The first-order valence-electron chi connectivity index (χ1n) is 12.3. The van der Waals surface area contributed by atoms with Crippen LogP contribution in [0, 0.1) is 5.82 Å². The minimum Gasteiger partial charge on any atom is -0.378 e. The van der Waals surface area contributed by atoms with Crippen molar-refractivity contribution < 1.29 is 9.13 Å². The Hall–Kier alpha value is -4.05. The number of hydrogen-bond acceptors (Lipinski definition) is 7. The summed E-state index contributed by atoms with van der Waals surface area (Å²) in [5.41, 5.74) is 5.95. The third-order valence-electron chi connectivity index (χ3n) is 7.09. The standard InChI is InChI=1S/C26H25FN8O/c27-17-11-16(13-28-14-17)24-32-25-23(34-7-9-36-10-8-34)15-29-35(25)26(33-24)30-18-5-6-22-20(12-18)19-3-1-2-4-21(19)31-22/h1-4,11,13-15,18,31H,5-10,12H2,(H,30,32,33). The van der Waals surface area contributed by atoms with Crippen LogP contribution in [0.15, 0.2) is 48.9 Å². The molecule has 10 heteroatoms. The van der Waals surface area contributed by atoms with Crippen LogP contribution in [0.25, 0.3) is 27.9 Å². The number of aromatic nitrogens is 6. The molecule has 1 saturated heterocycles. The van der Waals surface area contributed by atoms with Crippen molar-refractivity contribution in [1.29, 1.82) is 0 Å². The number of aromatic amines is 1. The Labute approximate surface area is 206 Å². The fraction of sp³-hybridized carbons (Fsp3) is 0.308. The van der Waals surface area contributed by atoms with Gasteiger partial charge in [-0.05, 0) is 37.0 Å². The first kappa shape index (κ1) is 21.3. The number of H-pyrrole nitrogens is 1. The maximum atomic E-state index is 14.0. The van der Waals surface area contributed by atoms with E-state index < -0.39 is 5.82 Å². The van der Waals surface area contributed by atoms with E-state index in [1.165, 1.54) is 34.4 Å². The lowest BCUT2D eigenvalue weighted by molar-refractivity contribution is 0.123. The summed E-state index contributed by atoms with van der Waals surface area (Å²) in [5, 5.41) is 9.56. The van der Waals surface area contributed by atoms with Crippen LogP contribution in [0.5, 0.6) is 0 Å². The molecule has 1 fully saturated rings. The van der Waals surface area contributed by atoms with Gasteiger partial charge in [-0.15, -0.1) is 0 Å². The molecule has 5 heterocycles. The molecule has 2 aliphatic rings. The summed E-state index contributed by atoms with van der Waals surface area (Å²) in [6.07, 6.45) is 7.38. The number of nitrogens with one attached hydrogen (secondary N) is 2. The highest BCUT2D eigenvalue weighted by molar-refractivity contribution is 5.85. The fourth-order valence-corrected chi connectivity index (χ4v) is 5.33. The molecule has 5 aromatic rings. The molecule has 4 aromatic heterocycles. The number of aryl methyl sites for hydroxylation is 1. The maximum Gasteiger partial charge on any atom is 0.228 e. The predicted molar refractivity (Wildman–Crippen MR) is 135 cm³/mol. The number of ether oxygens (including phenoxy) is 1. The summed E-state index contributed by atoms with van der Waals surface area (Å²) in [6.45, 7) is 2.83. The van der Waals surface area contributed by atoms with E-state index in [4.69, 9.17) is 14.7 Å². The number of benzene rings is 1. The lowest BCUT2D eigenvalue weighted by Gasteiger charge is -2.27. The van der Waals surface area contributed by atoms with E-state index in [2.05, 4.69) is 49.5 Å². The molecule has 2 N–H and O–H groups in total. The van der Waals surface area contributed by atoms with Crippen molar-refractivity contribution in [1.82, 2.24) is 29.5 Å². The van der Waals surface area contributed by atoms with Crippen LogP contribution in [-0.4, -0.2) is 61.9 Å². The second-order valence-corrected chi connectivity index (χ2v) is 9.34. The summed E-state index contributed by atoms with van der Waals surface area (Å²) in [5.74, 6) is 0.578. The molecule has 1 aliphatic carbocycles. The molecule has 1 unspecified atom stereocenters. The Morgan fingerprint density at radius 1 is 1.08 bits per heavy atom. The third kappa shape index (κ3) is 3.65. The zero-order chi connectivity index (χ0) is 24.1. The van der Waals surface area contributed by atoms with Crippen molar-refractivity contribution in [2.45, 2.75) is 25.3 Å². The number of morpholine rings is 1. The maximum absolute atomic E-state index is 14.0. The topological polar surface area (TPSA) is 96.3 Å². The molecule has 1 aliphatic heterocycles. The summed E-state index contributed by atoms with van der Waals surface area (Å²) >= 11 is 0. The van der Waals surface area contributed by atoms with Crippen LogP contribution < -0.4 is 10.2 Å². The van der Waals surface area contributed by atoms with Crippen molar-refractivity contribution in [2.75, 3.05) is 36.5 Å². The van der Waals surface area contributed by atoms with Gasteiger partial charge < -0.3 is 19.9 Å². The number of hydrogen-bond donors (Lipinski definition) is 2. The quantitative estimate of drug-likeness (QED) is 0.402. The highest BCUT2D eigenvalue weighted by Crippen LogP contribution is 2.31. The zero-order valence-corrected chi connectivity index (χ0v) is 19.6. The number of para-hydroxylation sites is 1. The monoisotopic (exact) mass is 484 g/mol. The molecule has 182 valence electrons. The van der Waals surface area contributed by atoms with E-state index in [9.17, 15) is 4.39 Å². The van der Waals surface area contributed by atoms with Gasteiger partial charge in [-0.1, -0.05) is 18.2 Å². The minimum absolute atomic E-state index is 0.171. The van der Waals surface area contributed by atoms with Gasteiger partial charge in [0, 0.05) is 47.5 Å². The van der Waals surface area contributed by atoms with E-state index >= 15 is 0 Å². The van der Waals surface area contributed by atoms with Crippen molar-refractivity contribution in [2.24, 2.45) is 0 Å². The van der Waals surface area contributed by atoms with Crippen molar-refractivity contribution in [3.8, 4) is 11.4 Å². The Kier molecular flexibility index (Phi) is 5.05. The van der Waals surface area contributed by atoms with E-state index in [1.807, 2.05) is 6.20 Å². The zero-order valence-electron chi connectivity index (χ0n) is 19.6. The lowest BCUT2D eigenvalue weighted by Crippen LogP contribution is -2.36. The van der Waals surface area contributed by atoms with Crippen molar-refractivity contribution in [3.63, 3.8) is 0 Å². The molecular weight excluding hydrogens is 459 g/mol. The first-order valence-corrected chi connectivity index (χ1v) is 12.3. The molecule has 7 rings (SSSR count). The molecule has 0 saturated carbocycles. The van der Waals surface area contributed by atoms with E-state index in [-0.39, 0.29) is 6.04 Å². The van der Waals surface area contributed by atoms with Gasteiger partial charge in [0.1, 0.15) is 11.5 Å². The van der Waals surface area contributed by atoms with E-state index in [1.54, 1.807) is 10.7 Å². The van der Waals surface area contributed by atoms with Gasteiger partial charge in [-0.3, -0.25) is 4.98 Å². The number of fused-ring (bicyclic) bond motifs is 4. The average molecular weight is 485 g/mol. The smallest absolute Gasteiger partial charge is 0.228 e. The van der Waals surface area contributed by atoms with Gasteiger partial charge in [0.25, 0.3) is 0 Å². The van der Waals surface area contributed by atoms with E-state index in [0.29, 0.717) is 36.2 Å². The summed E-state index contributed by atoms with van der Waals surface area (Å²) < 4.78 is 21.3. The Bertz CT molecular complexity index is 1570. The fourth-order valence-electron chi connectivity index (χ4n) is 5.33.